The van der Waals surface area contributed by atoms with Gasteiger partial charge in [-0.2, -0.15) is 0 Å². The van der Waals surface area contributed by atoms with E-state index in [1.54, 1.807) is 4.90 Å². The maximum atomic E-state index is 12.9. The first kappa shape index (κ1) is 17.9. The van der Waals surface area contributed by atoms with E-state index < -0.39 is 0 Å². The fraction of sp³-hybridized carbons (Fsp3) is 0.333. The smallest absolute Gasteiger partial charge is 0.253 e. The zero-order valence-corrected chi connectivity index (χ0v) is 16.1. The van der Waals surface area contributed by atoms with Crippen molar-refractivity contribution in [2.45, 2.75) is 13.3 Å². The van der Waals surface area contributed by atoms with Crippen molar-refractivity contribution in [3.63, 3.8) is 0 Å². The third-order valence-corrected chi connectivity index (χ3v) is 5.66. The second kappa shape index (κ2) is 7.24. The summed E-state index contributed by atoms with van der Waals surface area (Å²) in [5.41, 5.74) is 3.55. The topological polar surface area (TPSA) is 43.9 Å². The molecular weight excluding hydrogens is 362 g/mol. The summed E-state index contributed by atoms with van der Waals surface area (Å²) in [6.07, 6.45) is 0.380. The molecule has 2 aromatic carbocycles. The van der Waals surface area contributed by atoms with Crippen LogP contribution in [-0.4, -0.2) is 49.4 Å². The van der Waals surface area contributed by atoms with E-state index in [9.17, 15) is 9.59 Å². The molecule has 0 radical (unpaired) electrons. The third kappa shape index (κ3) is 3.28. The summed E-state index contributed by atoms with van der Waals surface area (Å²) < 4.78 is 0. The predicted molar refractivity (Wildman–Crippen MR) is 108 cm³/mol. The summed E-state index contributed by atoms with van der Waals surface area (Å²) in [5.74, 6) is 0.129. The number of carbonyl (C=O) groups excluding carboxylic acids is 2. The molecule has 140 valence electrons. The number of carbonyl (C=O) groups is 2. The largest absolute Gasteiger partial charge is 0.367 e. The van der Waals surface area contributed by atoms with Crippen LogP contribution in [0.2, 0.25) is 5.02 Å². The molecule has 0 aromatic heterocycles. The van der Waals surface area contributed by atoms with E-state index in [-0.39, 0.29) is 11.8 Å². The van der Waals surface area contributed by atoms with Crippen molar-refractivity contribution in [3.8, 4) is 0 Å². The number of nitrogens with zero attached hydrogens (tertiary/aromatic N) is 3. The molecule has 0 spiro atoms. The quantitative estimate of drug-likeness (QED) is 0.817. The second-order valence-corrected chi connectivity index (χ2v) is 7.30. The van der Waals surface area contributed by atoms with Gasteiger partial charge in [-0.1, -0.05) is 23.7 Å². The third-order valence-electron chi connectivity index (χ3n) is 5.34. The number of anilines is 2. The normalized spacial score (nSPS) is 16.7. The van der Waals surface area contributed by atoms with Gasteiger partial charge in [0.25, 0.3) is 5.91 Å². The molecule has 2 heterocycles. The lowest BCUT2D eigenvalue weighted by atomic mass is 10.1. The van der Waals surface area contributed by atoms with Gasteiger partial charge in [0.2, 0.25) is 5.91 Å². The van der Waals surface area contributed by atoms with Gasteiger partial charge in [-0.15, -0.1) is 0 Å². The first-order chi connectivity index (χ1) is 13.1. The van der Waals surface area contributed by atoms with Gasteiger partial charge in [-0.05, 0) is 42.8 Å². The minimum atomic E-state index is 0.0269. The molecule has 0 unspecified atom stereocenters. The van der Waals surface area contributed by atoms with E-state index in [1.165, 1.54) is 0 Å². The first-order valence-corrected chi connectivity index (χ1v) is 9.68. The number of amides is 2. The molecule has 0 N–H and O–H groups in total. The molecule has 2 aliphatic heterocycles. The number of fused-ring (bicyclic) bond motifs is 1. The average molecular weight is 384 g/mol. The van der Waals surface area contributed by atoms with Crippen molar-refractivity contribution in [2.75, 3.05) is 42.5 Å². The maximum absolute atomic E-state index is 12.9. The van der Waals surface area contributed by atoms with Crippen LogP contribution in [0.15, 0.2) is 42.5 Å². The molecule has 2 aliphatic rings. The van der Waals surface area contributed by atoms with Gasteiger partial charge in [-0.3, -0.25) is 9.59 Å². The Hall–Kier alpha value is -2.53. The lowest BCUT2D eigenvalue weighted by Gasteiger charge is -2.36. The predicted octanol–water partition coefficient (Wildman–Crippen LogP) is 3.21. The molecule has 0 atom stereocenters. The van der Waals surface area contributed by atoms with E-state index in [2.05, 4.69) is 4.90 Å². The lowest BCUT2D eigenvalue weighted by molar-refractivity contribution is -0.117. The van der Waals surface area contributed by atoms with E-state index in [0.717, 1.165) is 35.1 Å². The lowest BCUT2D eigenvalue weighted by Crippen LogP contribution is -2.48. The minimum Gasteiger partial charge on any atom is -0.367 e. The fourth-order valence-electron chi connectivity index (χ4n) is 3.90. The van der Waals surface area contributed by atoms with Crippen molar-refractivity contribution >= 4 is 34.8 Å². The summed E-state index contributed by atoms with van der Waals surface area (Å²) in [7, 11) is 0. The summed E-state index contributed by atoms with van der Waals surface area (Å²) in [5, 5.41) is 0.737. The maximum Gasteiger partial charge on any atom is 0.253 e. The first-order valence-electron chi connectivity index (χ1n) is 9.30. The molecule has 0 aliphatic carbocycles. The molecule has 2 amide bonds. The van der Waals surface area contributed by atoms with E-state index in [4.69, 9.17) is 11.6 Å². The zero-order chi connectivity index (χ0) is 19.0. The number of hydrogen-bond acceptors (Lipinski definition) is 3. The summed E-state index contributed by atoms with van der Waals surface area (Å²) in [4.78, 5) is 30.8. The minimum absolute atomic E-state index is 0.0269. The van der Waals surface area contributed by atoms with Crippen LogP contribution in [0.1, 0.15) is 22.8 Å². The van der Waals surface area contributed by atoms with Crippen molar-refractivity contribution in [3.05, 3.63) is 58.6 Å². The highest BCUT2D eigenvalue weighted by Crippen LogP contribution is 2.30. The number of para-hydroxylation sites is 1. The highest BCUT2D eigenvalue weighted by atomic mass is 35.5. The van der Waals surface area contributed by atoms with Crippen LogP contribution in [0.5, 0.6) is 0 Å². The van der Waals surface area contributed by atoms with Crippen LogP contribution in [0, 0.1) is 0 Å². The Kier molecular flexibility index (Phi) is 4.79. The summed E-state index contributed by atoms with van der Waals surface area (Å²) >= 11 is 6.29. The Morgan fingerprint density at radius 1 is 1.04 bits per heavy atom. The van der Waals surface area contributed by atoms with Crippen molar-refractivity contribution in [1.82, 2.24) is 4.90 Å². The van der Waals surface area contributed by atoms with E-state index in [1.807, 2.05) is 54.3 Å². The molecule has 5 nitrogen and oxygen atoms in total. The Labute approximate surface area is 164 Å². The molecule has 0 bridgehead atoms. The number of halogens is 1. The Bertz CT molecular complexity index is 891. The molecule has 0 saturated carbocycles. The van der Waals surface area contributed by atoms with Crippen molar-refractivity contribution in [1.29, 1.82) is 0 Å². The monoisotopic (exact) mass is 383 g/mol. The second-order valence-electron chi connectivity index (χ2n) is 6.89. The van der Waals surface area contributed by atoms with Gasteiger partial charge >= 0.3 is 0 Å². The highest BCUT2D eigenvalue weighted by molar-refractivity contribution is 6.33. The van der Waals surface area contributed by atoms with Crippen LogP contribution < -0.4 is 9.80 Å². The summed E-state index contributed by atoms with van der Waals surface area (Å²) in [6.45, 7) is 5.43. The van der Waals surface area contributed by atoms with Crippen LogP contribution in [-0.2, 0) is 11.2 Å². The van der Waals surface area contributed by atoms with Crippen molar-refractivity contribution < 1.29 is 9.59 Å². The Balaban J connectivity index is 1.45. The molecule has 2 aromatic rings. The average Bonchev–Trinajstić information content (AvgIpc) is 3.02. The molecule has 1 saturated heterocycles. The summed E-state index contributed by atoms with van der Waals surface area (Å²) in [6, 6.07) is 13.4. The van der Waals surface area contributed by atoms with Gasteiger partial charge in [0.1, 0.15) is 0 Å². The van der Waals surface area contributed by atoms with E-state index >= 15 is 0 Å². The van der Waals surface area contributed by atoms with Crippen LogP contribution >= 0.6 is 11.6 Å². The molecule has 1 fully saturated rings. The SMILES string of the molecule is CCN1C(=O)Cc2cc(C(=O)N3CCN(c4ccccc4Cl)CC3)ccc21. The van der Waals surface area contributed by atoms with Gasteiger partial charge in [-0.25, -0.2) is 0 Å². The molecule has 4 rings (SSSR count). The van der Waals surface area contributed by atoms with Crippen molar-refractivity contribution in [2.24, 2.45) is 0 Å². The van der Waals surface area contributed by atoms with Gasteiger partial charge < -0.3 is 14.7 Å². The zero-order valence-electron chi connectivity index (χ0n) is 15.3. The number of piperazine rings is 1. The number of hydrogen-bond donors (Lipinski definition) is 0. The van der Waals surface area contributed by atoms with Crippen LogP contribution in [0.25, 0.3) is 0 Å². The van der Waals surface area contributed by atoms with E-state index in [0.29, 0.717) is 31.6 Å². The number of rotatable bonds is 3. The molecule has 27 heavy (non-hydrogen) atoms. The van der Waals surface area contributed by atoms with Gasteiger partial charge in [0, 0.05) is 44.0 Å². The van der Waals surface area contributed by atoms with Crippen LogP contribution in [0.4, 0.5) is 11.4 Å². The number of benzene rings is 2. The standard InChI is InChI=1S/C21H22ClN3O2/c1-2-25-18-8-7-15(13-16(18)14-20(25)26)21(27)24-11-9-23(10-12-24)19-6-4-3-5-17(19)22/h3-8,13H,2,9-12,14H2,1H3. The number of likely N-dealkylation sites (N-methyl/N-ethyl adjacent to an activating group) is 1. The molecular formula is C21H22ClN3O2. The Morgan fingerprint density at radius 2 is 1.78 bits per heavy atom. The fourth-order valence-corrected chi connectivity index (χ4v) is 4.16. The van der Waals surface area contributed by atoms with Gasteiger partial charge in [0.05, 0.1) is 17.1 Å². The Morgan fingerprint density at radius 3 is 2.48 bits per heavy atom. The molecule has 6 heteroatoms. The van der Waals surface area contributed by atoms with Gasteiger partial charge in [0.15, 0.2) is 0 Å². The highest BCUT2D eigenvalue weighted by Gasteiger charge is 2.28. The van der Waals surface area contributed by atoms with Crippen LogP contribution in [0.3, 0.4) is 0 Å².